The minimum Gasteiger partial charge on any atom is -0.397 e. The molecule has 0 bridgehead atoms. The van der Waals surface area contributed by atoms with Gasteiger partial charge >= 0.3 is 0 Å². The predicted molar refractivity (Wildman–Crippen MR) is 61.3 cm³/mol. The lowest BCUT2D eigenvalue weighted by molar-refractivity contribution is 0.558. The molecule has 0 aliphatic heterocycles. The molecule has 3 heteroatoms. The molecule has 1 unspecified atom stereocenters. The van der Waals surface area contributed by atoms with Crippen molar-refractivity contribution in [2.45, 2.75) is 33.7 Å². The first kappa shape index (κ1) is 10.8. The van der Waals surface area contributed by atoms with Gasteiger partial charge in [-0.15, -0.1) is 0 Å². The number of aromatic nitrogens is 1. The lowest BCUT2D eigenvalue weighted by Crippen LogP contribution is -2.22. The van der Waals surface area contributed by atoms with Gasteiger partial charge in [-0.2, -0.15) is 0 Å². The van der Waals surface area contributed by atoms with Crippen molar-refractivity contribution in [2.24, 2.45) is 5.92 Å². The van der Waals surface area contributed by atoms with Crippen molar-refractivity contribution in [1.82, 2.24) is 4.98 Å². The second-order valence-electron chi connectivity index (χ2n) is 4.05. The molecule has 0 aliphatic carbocycles. The first-order chi connectivity index (χ1) is 6.50. The number of pyridine rings is 1. The molecular weight excluding hydrogens is 174 g/mol. The van der Waals surface area contributed by atoms with Gasteiger partial charge in [-0.1, -0.05) is 13.8 Å². The average Bonchev–Trinajstić information content (AvgIpc) is 2.11. The van der Waals surface area contributed by atoms with Gasteiger partial charge in [0.15, 0.2) is 0 Å². The summed E-state index contributed by atoms with van der Waals surface area (Å²) in [6.07, 6.45) is 0. The first-order valence-corrected chi connectivity index (χ1v) is 5.00. The third kappa shape index (κ3) is 2.62. The van der Waals surface area contributed by atoms with Crippen molar-refractivity contribution in [3.63, 3.8) is 0 Å². The van der Waals surface area contributed by atoms with Crippen LogP contribution in [0.25, 0.3) is 0 Å². The minimum absolute atomic E-state index is 0.422. The van der Waals surface area contributed by atoms with E-state index in [9.17, 15) is 0 Å². The fourth-order valence-corrected chi connectivity index (χ4v) is 1.05. The van der Waals surface area contributed by atoms with Crippen molar-refractivity contribution in [3.8, 4) is 0 Å². The molecule has 0 amide bonds. The molecule has 0 aliphatic rings. The maximum absolute atomic E-state index is 5.69. The largest absolute Gasteiger partial charge is 0.397 e. The molecule has 1 atom stereocenters. The molecule has 78 valence electrons. The summed E-state index contributed by atoms with van der Waals surface area (Å²) < 4.78 is 0. The Morgan fingerprint density at radius 1 is 1.29 bits per heavy atom. The molecule has 3 nitrogen and oxygen atoms in total. The van der Waals surface area contributed by atoms with Crippen LogP contribution in [-0.2, 0) is 0 Å². The van der Waals surface area contributed by atoms with Gasteiger partial charge in [-0.3, -0.25) is 0 Å². The van der Waals surface area contributed by atoms with Crippen molar-refractivity contribution in [1.29, 1.82) is 0 Å². The van der Waals surface area contributed by atoms with E-state index in [1.54, 1.807) is 0 Å². The third-order valence-corrected chi connectivity index (χ3v) is 2.50. The van der Waals surface area contributed by atoms with E-state index < -0.39 is 0 Å². The number of hydrogen-bond acceptors (Lipinski definition) is 3. The molecule has 14 heavy (non-hydrogen) atoms. The number of nitrogens with one attached hydrogen (secondary N) is 1. The Morgan fingerprint density at radius 3 is 2.43 bits per heavy atom. The molecule has 1 heterocycles. The van der Waals surface area contributed by atoms with Gasteiger partial charge in [-0.05, 0) is 31.9 Å². The van der Waals surface area contributed by atoms with Gasteiger partial charge < -0.3 is 11.1 Å². The van der Waals surface area contributed by atoms with Crippen LogP contribution >= 0.6 is 0 Å². The van der Waals surface area contributed by atoms with Crippen molar-refractivity contribution < 1.29 is 0 Å². The molecule has 0 spiro atoms. The summed E-state index contributed by atoms with van der Waals surface area (Å²) in [5.74, 6) is 1.49. The van der Waals surface area contributed by atoms with Gasteiger partial charge in [-0.25, -0.2) is 4.98 Å². The maximum atomic E-state index is 5.69. The number of nitrogen functional groups attached to an aromatic ring is 1. The molecule has 0 saturated heterocycles. The van der Waals surface area contributed by atoms with Crippen molar-refractivity contribution >= 4 is 11.5 Å². The highest BCUT2D eigenvalue weighted by Crippen LogP contribution is 2.14. The summed E-state index contributed by atoms with van der Waals surface area (Å²) in [5, 5.41) is 3.34. The zero-order valence-corrected chi connectivity index (χ0v) is 9.33. The van der Waals surface area contributed by atoms with Crippen LogP contribution < -0.4 is 11.1 Å². The highest BCUT2D eigenvalue weighted by molar-refractivity contribution is 5.49. The molecule has 1 rings (SSSR count). The molecule has 1 aromatic heterocycles. The van der Waals surface area contributed by atoms with E-state index in [-0.39, 0.29) is 0 Å². The van der Waals surface area contributed by atoms with Crippen LogP contribution in [0.3, 0.4) is 0 Å². The molecule has 0 fully saturated rings. The smallest absolute Gasteiger partial charge is 0.126 e. The predicted octanol–water partition coefficient (Wildman–Crippen LogP) is 2.43. The van der Waals surface area contributed by atoms with Crippen LogP contribution in [0.15, 0.2) is 12.1 Å². The Bertz CT molecular complexity index is 307. The third-order valence-electron chi connectivity index (χ3n) is 2.50. The average molecular weight is 193 g/mol. The Kier molecular flexibility index (Phi) is 3.33. The Morgan fingerprint density at radius 2 is 1.93 bits per heavy atom. The molecule has 0 radical (unpaired) electrons. The Hall–Kier alpha value is -1.25. The summed E-state index contributed by atoms with van der Waals surface area (Å²) in [5.41, 5.74) is 7.31. The number of nitrogens with two attached hydrogens (primary N) is 1. The first-order valence-electron chi connectivity index (χ1n) is 5.00. The normalized spacial score (nSPS) is 12.9. The summed E-state index contributed by atoms with van der Waals surface area (Å²) in [6.45, 7) is 8.43. The Balaban J connectivity index is 2.73. The fraction of sp³-hybridized carbons (Fsp3) is 0.545. The van der Waals surface area contributed by atoms with Gasteiger partial charge in [0, 0.05) is 6.04 Å². The second kappa shape index (κ2) is 4.31. The van der Waals surface area contributed by atoms with Crippen LogP contribution in [-0.4, -0.2) is 11.0 Å². The van der Waals surface area contributed by atoms with Gasteiger partial charge in [0.05, 0.1) is 11.4 Å². The lowest BCUT2D eigenvalue weighted by Gasteiger charge is -2.18. The zero-order chi connectivity index (χ0) is 10.7. The SMILES string of the molecule is Cc1nc(NC(C)C(C)C)ccc1N. The van der Waals surface area contributed by atoms with Crippen molar-refractivity contribution in [3.05, 3.63) is 17.8 Å². The van der Waals surface area contributed by atoms with Crippen LogP contribution in [0.5, 0.6) is 0 Å². The highest BCUT2D eigenvalue weighted by atomic mass is 15.0. The zero-order valence-electron chi connectivity index (χ0n) is 9.33. The summed E-state index contributed by atoms with van der Waals surface area (Å²) in [6, 6.07) is 4.23. The standard InChI is InChI=1S/C11H19N3/c1-7(2)8(3)13-11-6-5-10(12)9(4)14-11/h5-8H,12H2,1-4H3,(H,13,14). The topological polar surface area (TPSA) is 50.9 Å². The minimum atomic E-state index is 0.422. The molecular formula is C11H19N3. The molecule has 3 N–H and O–H groups in total. The lowest BCUT2D eigenvalue weighted by atomic mass is 10.1. The van der Waals surface area contributed by atoms with Crippen LogP contribution in [0.1, 0.15) is 26.5 Å². The number of hydrogen-bond donors (Lipinski definition) is 2. The number of nitrogens with zero attached hydrogens (tertiary/aromatic N) is 1. The quantitative estimate of drug-likeness (QED) is 0.775. The van der Waals surface area contributed by atoms with E-state index in [1.807, 2.05) is 19.1 Å². The van der Waals surface area contributed by atoms with Crippen molar-refractivity contribution in [2.75, 3.05) is 11.1 Å². The van der Waals surface area contributed by atoms with E-state index in [0.29, 0.717) is 12.0 Å². The maximum Gasteiger partial charge on any atom is 0.126 e. The molecule has 0 aromatic carbocycles. The summed E-state index contributed by atoms with van der Waals surface area (Å²) in [4.78, 5) is 4.36. The summed E-state index contributed by atoms with van der Waals surface area (Å²) >= 11 is 0. The number of aryl methyl sites for hydroxylation is 1. The van der Waals surface area contributed by atoms with E-state index in [1.165, 1.54) is 0 Å². The van der Waals surface area contributed by atoms with E-state index in [2.05, 4.69) is 31.1 Å². The van der Waals surface area contributed by atoms with E-state index in [4.69, 9.17) is 5.73 Å². The summed E-state index contributed by atoms with van der Waals surface area (Å²) in [7, 11) is 0. The second-order valence-corrected chi connectivity index (χ2v) is 4.05. The molecule has 0 saturated carbocycles. The van der Waals surface area contributed by atoms with Crippen LogP contribution in [0.4, 0.5) is 11.5 Å². The highest BCUT2D eigenvalue weighted by Gasteiger charge is 2.07. The number of rotatable bonds is 3. The van der Waals surface area contributed by atoms with Gasteiger partial charge in [0.2, 0.25) is 0 Å². The van der Waals surface area contributed by atoms with Crippen LogP contribution in [0.2, 0.25) is 0 Å². The monoisotopic (exact) mass is 193 g/mol. The van der Waals surface area contributed by atoms with Gasteiger partial charge in [0.1, 0.15) is 5.82 Å². The fourth-order valence-electron chi connectivity index (χ4n) is 1.05. The van der Waals surface area contributed by atoms with Gasteiger partial charge in [0.25, 0.3) is 0 Å². The Labute approximate surface area is 85.7 Å². The van der Waals surface area contributed by atoms with E-state index >= 15 is 0 Å². The van der Waals surface area contributed by atoms with E-state index in [0.717, 1.165) is 17.2 Å². The number of anilines is 2. The van der Waals surface area contributed by atoms with Crippen LogP contribution in [0, 0.1) is 12.8 Å². The molecule has 1 aromatic rings.